The van der Waals surface area contributed by atoms with Gasteiger partial charge in [0.15, 0.2) is 9.92 Å². The number of urea groups is 1. The summed E-state index contributed by atoms with van der Waals surface area (Å²) in [5, 5.41) is 13.0. The molecule has 9 nitrogen and oxygen atoms in total. The SMILES string of the molecule is COC[C@@H]1COc2c(S(N)(=O)=NC(=O)Nc3c4c(c(Br)c5c3CC5)CCC4)cnn21. The van der Waals surface area contributed by atoms with Gasteiger partial charge >= 0.3 is 6.03 Å². The van der Waals surface area contributed by atoms with E-state index in [2.05, 4.69) is 30.7 Å². The molecule has 160 valence electrons. The summed E-state index contributed by atoms with van der Waals surface area (Å²) < 4.78 is 30.4. The van der Waals surface area contributed by atoms with Crippen LogP contribution in [0.25, 0.3) is 0 Å². The monoisotopic (exact) mass is 495 g/mol. The maximum atomic E-state index is 13.1. The fraction of sp³-hybridized carbons (Fsp3) is 0.474. The summed E-state index contributed by atoms with van der Waals surface area (Å²) in [6, 6.07) is -0.855. The van der Waals surface area contributed by atoms with E-state index in [0.29, 0.717) is 13.2 Å². The molecule has 0 saturated heterocycles. The Balaban J connectivity index is 1.45. The molecule has 3 N–H and O–H groups in total. The first-order valence-electron chi connectivity index (χ1n) is 9.80. The van der Waals surface area contributed by atoms with Crippen molar-refractivity contribution in [2.45, 2.75) is 43.0 Å². The van der Waals surface area contributed by atoms with Gasteiger partial charge in [-0.05, 0) is 54.4 Å². The molecule has 0 fully saturated rings. The number of methoxy groups -OCH3 is 1. The summed E-state index contributed by atoms with van der Waals surface area (Å²) in [4.78, 5) is 12.8. The first kappa shape index (κ1) is 20.0. The van der Waals surface area contributed by atoms with Crippen LogP contribution in [0.1, 0.15) is 34.7 Å². The summed E-state index contributed by atoms with van der Waals surface area (Å²) in [5.74, 6) is 0.273. The van der Waals surface area contributed by atoms with Crippen LogP contribution < -0.4 is 15.2 Å². The molecule has 1 unspecified atom stereocenters. The van der Waals surface area contributed by atoms with Crippen molar-refractivity contribution in [3.63, 3.8) is 0 Å². The fourth-order valence-corrected chi connectivity index (χ4v) is 6.33. The first-order valence-corrected chi connectivity index (χ1v) is 12.2. The highest BCUT2D eigenvalue weighted by atomic mass is 79.9. The van der Waals surface area contributed by atoms with Crippen molar-refractivity contribution in [3.8, 4) is 5.88 Å². The first-order chi connectivity index (χ1) is 14.4. The molecule has 2 aromatic rings. The normalized spacial score (nSPS) is 20.4. The summed E-state index contributed by atoms with van der Waals surface area (Å²) in [6.07, 6.45) is 6.17. The molecule has 0 spiro atoms. The number of nitrogens with one attached hydrogen (secondary N) is 1. The molecule has 1 aromatic heterocycles. The molecule has 11 heteroatoms. The Morgan fingerprint density at radius 1 is 1.37 bits per heavy atom. The minimum atomic E-state index is -3.52. The lowest BCUT2D eigenvalue weighted by Crippen LogP contribution is -2.21. The molecule has 2 amide bonds. The molecule has 1 aromatic carbocycles. The molecule has 3 aliphatic rings. The molecule has 0 saturated carbocycles. The summed E-state index contributed by atoms with van der Waals surface area (Å²) in [7, 11) is -1.94. The van der Waals surface area contributed by atoms with Crippen molar-refractivity contribution < 1.29 is 18.5 Å². The molecule has 0 bridgehead atoms. The molecule has 2 atom stereocenters. The Bertz CT molecular complexity index is 1180. The minimum Gasteiger partial charge on any atom is -0.475 e. The molecular weight excluding hydrogens is 474 g/mol. The quantitative estimate of drug-likeness (QED) is 0.675. The van der Waals surface area contributed by atoms with Crippen molar-refractivity contribution in [3.05, 3.63) is 32.9 Å². The minimum absolute atomic E-state index is 0.116. The second kappa shape index (κ2) is 7.33. The topological polar surface area (TPSA) is 121 Å². The zero-order chi connectivity index (χ0) is 21.0. The highest BCUT2D eigenvalue weighted by Crippen LogP contribution is 2.45. The number of hydrogen-bond acceptors (Lipinski definition) is 5. The highest BCUT2D eigenvalue weighted by Gasteiger charge is 2.33. The number of ether oxygens (including phenoxy) is 2. The van der Waals surface area contributed by atoms with Crippen LogP contribution in [0.4, 0.5) is 10.5 Å². The Kier molecular flexibility index (Phi) is 4.88. The lowest BCUT2D eigenvalue weighted by molar-refractivity contribution is 0.145. The summed E-state index contributed by atoms with van der Waals surface area (Å²) in [5.41, 5.74) is 5.58. The van der Waals surface area contributed by atoms with E-state index in [-0.39, 0.29) is 16.8 Å². The van der Waals surface area contributed by atoms with Crippen molar-refractivity contribution in [1.82, 2.24) is 9.78 Å². The van der Waals surface area contributed by atoms with Gasteiger partial charge in [0.05, 0.1) is 12.8 Å². The zero-order valence-electron chi connectivity index (χ0n) is 16.4. The Morgan fingerprint density at radius 2 is 2.07 bits per heavy atom. The van der Waals surface area contributed by atoms with Gasteiger partial charge in [-0.3, -0.25) is 0 Å². The summed E-state index contributed by atoms with van der Waals surface area (Å²) in [6.45, 7) is 0.736. The van der Waals surface area contributed by atoms with Gasteiger partial charge in [0.25, 0.3) is 0 Å². The van der Waals surface area contributed by atoms with Gasteiger partial charge < -0.3 is 14.8 Å². The van der Waals surface area contributed by atoms with Crippen molar-refractivity contribution in [1.29, 1.82) is 0 Å². The third-order valence-electron chi connectivity index (χ3n) is 5.94. The number of anilines is 1. The second-order valence-corrected chi connectivity index (χ2v) is 10.3. The predicted octanol–water partition coefficient (Wildman–Crippen LogP) is 2.75. The van der Waals surface area contributed by atoms with Gasteiger partial charge in [-0.1, -0.05) is 15.9 Å². The van der Waals surface area contributed by atoms with Gasteiger partial charge in [-0.15, -0.1) is 4.36 Å². The van der Waals surface area contributed by atoms with Gasteiger partial charge in [-0.2, -0.15) is 5.10 Å². The van der Waals surface area contributed by atoms with Gasteiger partial charge in [-0.25, -0.2) is 18.8 Å². The molecule has 30 heavy (non-hydrogen) atoms. The van der Waals surface area contributed by atoms with Gasteiger partial charge in [0, 0.05) is 17.3 Å². The Hall–Kier alpha value is -1.95. The van der Waals surface area contributed by atoms with Crippen LogP contribution in [-0.4, -0.2) is 40.3 Å². The van der Waals surface area contributed by atoms with E-state index in [1.54, 1.807) is 11.8 Å². The molecule has 1 aliphatic heterocycles. The van der Waals surface area contributed by atoms with Crippen molar-refractivity contribution in [2.24, 2.45) is 9.50 Å². The van der Waals surface area contributed by atoms with Crippen LogP contribution in [0.5, 0.6) is 5.88 Å². The third kappa shape index (κ3) is 3.06. The van der Waals surface area contributed by atoms with Gasteiger partial charge in [0.2, 0.25) is 5.88 Å². The average Bonchev–Trinajstić information content (AvgIpc) is 3.36. The highest BCUT2D eigenvalue weighted by molar-refractivity contribution is 9.10. The maximum Gasteiger partial charge on any atom is 0.354 e. The predicted molar refractivity (Wildman–Crippen MR) is 114 cm³/mol. The number of hydrogen-bond donors (Lipinski definition) is 2. The van der Waals surface area contributed by atoms with E-state index in [1.165, 1.54) is 21.8 Å². The van der Waals surface area contributed by atoms with E-state index in [4.69, 9.17) is 14.6 Å². The van der Waals surface area contributed by atoms with Crippen LogP contribution in [0.3, 0.4) is 0 Å². The van der Waals surface area contributed by atoms with Gasteiger partial charge in [0.1, 0.15) is 17.5 Å². The van der Waals surface area contributed by atoms with E-state index in [1.807, 2.05) is 0 Å². The van der Waals surface area contributed by atoms with Crippen LogP contribution >= 0.6 is 15.9 Å². The second-order valence-electron chi connectivity index (χ2n) is 7.73. The zero-order valence-corrected chi connectivity index (χ0v) is 18.8. The number of carbonyl (C=O) groups excluding carboxylic acids is 1. The van der Waals surface area contributed by atoms with Crippen LogP contribution in [0.2, 0.25) is 0 Å². The van der Waals surface area contributed by atoms with Crippen molar-refractivity contribution >= 4 is 37.6 Å². The number of aromatic nitrogens is 2. The van der Waals surface area contributed by atoms with E-state index in [9.17, 15) is 9.00 Å². The smallest absolute Gasteiger partial charge is 0.354 e. The van der Waals surface area contributed by atoms with E-state index < -0.39 is 15.9 Å². The number of fused-ring (bicyclic) bond motifs is 3. The molecular formula is C19H22BrN5O4S. The van der Waals surface area contributed by atoms with Crippen LogP contribution in [0.15, 0.2) is 19.9 Å². The fourth-order valence-electron chi connectivity index (χ4n) is 4.46. The number of carbonyl (C=O) groups is 1. The number of rotatable bonds is 4. The number of halogens is 1. The number of nitrogens with zero attached hydrogens (tertiary/aromatic N) is 3. The molecule has 2 heterocycles. The van der Waals surface area contributed by atoms with Crippen LogP contribution in [0, 0.1) is 0 Å². The molecule has 0 radical (unpaired) electrons. The Morgan fingerprint density at radius 3 is 2.80 bits per heavy atom. The lowest BCUT2D eigenvalue weighted by Gasteiger charge is -2.27. The number of amides is 2. The average molecular weight is 496 g/mol. The summed E-state index contributed by atoms with van der Waals surface area (Å²) >= 11 is 3.72. The third-order valence-corrected chi connectivity index (χ3v) is 8.25. The number of benzene rings is 1. The van der Waals surface area contributed by atoms with E-state index >= 15 is 0 Å². The molecule has 5 rings (SSSR count). The Labute approximate surface area is 182 Å². The van der Waals surface area contributed by atoms with Crippen molar-refractivity contribution in [2.75, 3.05) is 25.6 Å². The standard InChI is InChI=1S/C19H22BrN5O4S/c1-28-8-10-9-29-18-15(7-22-25(10)18)30(21,27)24-19(26)23-17-13-4-2-3-11(13)16(20)12-5-6-14(12)17/h7,10H,2-6,8-9H2,1H3,(H3,21,23,24,26,27)/t10-,30?/m1/s1. The number of nitrogens with two attached hydrogens (primary N) is 1. The maximum absolute atomic E-state index is 13.1. The largest absolute Gasteiger partial charge is 0.475 e. The molecule has 2 aliphatic carbocycles. The lowest BCUT2D eigenvalue weighted by atomic mass is 9.83. The van der Waals surface area contributed by atoms with E-state index in [0.717, 1.165) is 48.9 Å². The van der Waals surface area contributed by atoms with Crippen LogP contribution in [-0.2, 0) is 40.3 Å².